The van der Waals surface area contributed by atoms with Crippen molar-refractivity contribution in [3.63, 3.8) is 0 Å². The first-order valence-corrected chi connectivity index (χ1v) is 10.5. The zero-order chi connectivity index (χ0) is 24.0. The average Bonchev–Trinajstić information content (AvgIpc) is 3.28. The minimum Gasteiger partial charge on any atom is -0.360 e. The summed E-state index contributed by atoms with van der Waals surface area (Å²) in [6.07, 6.45) is -1.68. The highest BCUT2D eigenvalue weighted by Gasteiger charge is 2.31. The quantitative estimate of drug-likeness (QED) is 0.384. The molecular weight excluding hydrogens is 445 g/mol. The van der Waals surface area contributed by atoms with E-state index in [9.17, 15) is 18.0 Å². The molecule has 0 amide bonds. The van der Waals surface area contributed by atoms with Gasteiger partial charge in [-0.15, -0.1) is 0 Å². The van der Waals surface area contributed by atoms with Gasteiger partial charge in [-0.25, -0.2) is 15.0 Å². The maximum absolute atomic E-state index is 13.7. The first-order valence-electron chi connectivity index (χ1n) is 10.5. The number of nitrogens with one attached hydrogen (secondary N) is 2. The van der Waals surface area contributed by atoms with Crippen molar-refractivity contribution in [2.45, 2.75) is 26.1 Å². The lowest BCUT2D eigenvalue weighted by Crippen LogP contribution is -2.26. The zero-order valence-corrected chi connectivity index (χ0v) is 18.2. The average molecular weight is 464 g/mol. The second-order valence-electron chi connectivity index (χ2n) is 7.99. The molecule has 0 aliphatic rings. The second-order valence-corrected chi connectivity index (χ2v) is 7.99. The molecule has 7 nitrogen and oxygen atoms in total. The maximum Gasteiger partial charge on any atom is 0.416 e. The molecule has 0 fully saturated rings. The third kappa shape index (κ3) is 3.66. The van der Waals surface area contributed by atoms with Crippen LogP contribution in [0.2, 0.25) is 0 Å². The Morgan fingerprint density at radius 2 is 1.85 bits per heavy atom. The van der Waals surface area contributed by atoms with Crippen LogP contribution in [0.3, 0.4) is 0 Å². The highest BCUT2D eigenvalue weighted by molar-refractivity contribution is 5.86. The molecule has 2 aromatic carbocycles. The number of aromatic amines is 1. The maximum atomic E-state index is 13.7. The molecule has 3 heterocycles. The van der Waals surface area contributed by atoms with Gasteiger partial charge in [-0.05, 0) is 49.1 Å². The summed E-state index contributed by atoms with van der Waals surface area (Å²) in [4.78, 5) is 29.1. The van der Waals surface area contributed by atoms with Crippen LogP contribution >= 0.6 is 0 Å². The molecule has 0 spiro atoms. The third-order valence-electron chi connectivity index (χ3n) is 5.74. The van der Waals surface area contributed by atoms with Gasteiger partial charge in [-0.3, -0.25) is 9.36 Å². The van der Waals surface area contributed by atoms with Crippen molar-refractivity contribution in [1.82, 2.24) is 24.5 Å². The van der Waals surface area contributed by atoms with Crippen molar-refractivity contribution in [3.05, 3.63) is 88.4 Å². The number of hydrogen-bond donors (Lipinski definition) is 2. The molecule has 0 saturated carbocycles. The molecule has 34 heavy (non-hydrogen) atoms. The van der Waals surface area contributed by atoms with Crippen LogP contribution in [-0.2, 0) is 6.18 Å². The van der Waals surface area contributed by atoms with E-state index in [4.69, 9.17) is 0 Å². The number of anilines is 1. The molecule has 0 aliphatic heterocycles. The van der Waals surface area contributed by atoms with E-state index in [1.54, 1.807) is 13.0 Å². The lowest BCUT2D eigenvalue weighted by atomic mass is 10.0. The van der Waals surface area contributed by atoms with Crippen molar-refractivity contribution in [2.75, 3.05) is 5.32 Å². The van der Waals surface area contributed by atoms with Crippen LogP contribution in [0.5, 0.6) is 0 Å². The van der Waals surface area contributed by atoms with E-state index in [1.165, 1.54) is 29.4 Å². The molecule has 5 aromatic rings. The molecule has 0 bridgehead atoms. The Morgan fingerprint density at radius 3 is 2.65 bits per heavy atom. The molecule has 10 heteroatoms. The van der Waals surface area contributed by atoms with Crippen molar-refractivity contribution < 1.29 is 13.2 Å². The summed E-state index contributed by atoms with van der Waals surface area (Å²) in [5.74, 6) is 0.461. The molecule has 0 unspecified atom stereocenters. The third-order valence-corrected chi connectivity index (χ3v) is 5.74. The van der Waals surface area contributed by atoms with Crippen LogP contribution < -0.4 is 10.9 Å². The van der Waals surface area contributed by atoms with Gasteiger partial charge in [-0.1, -0.05) is 24.3 Å². The fourth-order valence-electron chi connectivity index (χ4n) is 4.12. The monoisotopic (exact) mass is 464 g/mol. The molecule has 3 aromatic heterocycles. The number of aromatic nitrogens is 5. The first kappa shape index (κ1) is 21.6. The van der Waals surface area contributed by atoms with Gasteiger partial charge in [0.2, 0.25) is 0 Å². The number of rotatable bonds is 4. The smallest absolute Gasteiger partial charge is 0.360 e. The normalized spacial score (nSPS) is 12.9. The fourth-order valence-corrected chi connectivity index (χ4v) is 4.12. The van der Waals surface area contributed by atoms with E-state index in [1.807, 2.05) is 25.1 Å². The van der Waals surface area contributed by atoms with Gasteiger partial charge in [-0.2, -0.15) is 13.2 Å². The van der Waals surface area contributed by atoms with Gasteiger partial charge in [0.05, 0.1) is 23.3 Å². The van der Waals surface area contributed by atoms with E-state index < -0.39 is 23.3 Å². The highest BCUT2D eigenvalue weighted by atomic mass is 19.4. The molecular formula is C24H19F3N6O. The summed E-state index contributed by atoms with van der Waals surface area (Å²) < 4.78 is 41.7. The van der Waals surface area contributed by atoms with Crippen LogP contribution in [0, 0.1) is 6.92 Å². The number of aryl methyl sites for hydroxylation is 1. The molecule has 2 N–H and O–H groups in total. The molecule has 0 saturated heterocycles. The molecule has 172 valence electrons. The van der Waals surface area contributed by atoms with Gasteiger partial charge in [0.15, 0.2) is 11.5 Å². The van der Waals surface area contributed by atoms with E-state index >= 15 is 0 Å². The Balaban J connectivity index is 1.73. The summed E-state index contributed by atoms with van der Waals surface area (Å²) in [6, 6.07) is 11.5. The summed E-state index contributed by atoms with van der Waals surface area (Å²) in [5, 5.41) is 4.40. The molecule has 1 atom stereocenters. The molecule has 0 radical (unpaired) electrons. The number of nitrogens with zero attached hydrogens (tertiary/aromatic N) is 4. The predicted octanol–water partition coefficient (Wildman–Crippen LogP) is 5.16. The van der Waals surface area contributed by atoms with Crippen molar-refractivity contribution in [2.24, 2.45) is 0 Å². The molecule has 5 rings (SSSR count). The largest absolute Gasteiger partial charge is 0.416 e. The number of halogens is 3. The lowest BCUT2D eigenvalue weighted by molar-refractivity contribution is -0.137. The Labute approximate surface area is 191 Å². The van der Waals surface area contributed by atoms with E-state index in [-0.39, 0.29) is 5.69 Å². The first-order chi connectivity index (χ1) is 16.2. The van der Waals surface area contributed by atoms with Gasteiger partial charge < -0.3 is 10.3 Å². The van der Waals surface area contributed by atoms with Crippen molar-refractivity contribution >= 4 is 27.8 Å². The van der Waals surface area contributed by atoms with Crippen LogP contribution in [0.25, 0.3) is 27.6 Å². The van der Waals surface area contributed by atoms with Crippen LogP contribution in [0.15, 0.2) is 66.0 Å². The van der Waals surface area contributed by atoms with E-state index in [0.29, 0.717) is 33.4 Å². The van der Waals surface area contributed by atoms with Crippen molar-refractivity contribution in [3.8, 4) is 5.69 Å². The van der Waals surface area contributed by atoms with E-state index in [2.05, 4.69) is 25.3 Å². The number of fused-ring (bicyclic) bond motifs is 2. The molecule has 0 aliphatic carbocycles. The number of H-pyrrole nitrogens is 1. The number of pyridine rings is 1. The summed E-state index contributed by atoms with van der Waals surface area (Å²) in [7, 11) is 0. The fraction of sp³-hybridized carbons (Fsp3) is 0.167. The lowest BCUT2D eigenvalue weighted by Gasteiger charge is -2.22. The Hall–Kier alpha value is -4.21. The Kier molecular flexibility index (Phi) is 5.07. The minimum atomic E-state index is -4.54. The summed E-state index contributed by atoms with van der Waals surface area (Å²) in [5.41, 5.74) is 1.17. The van der Waals surface area contributed by atoms with Crippen LogP contribution in [-0.4, -0.2) is 24.5 Å². The van der Waals surface area contributed by atoms with E-state index in [0.717, 1.165) is 17.7 Å². The number of alkyl halides is 3. The van der Waals surface area contributed by atoms with Crippen molar-refractivity contribution in [1.29, 1.82) is 0 Å². The van der Waals surface area contributed by atoms with Gasteiger partial charge in [0.1, 0.15) is 11.8 Å². The van der Waals surface area contributed by atoms with Crippen LogP contribution in [0.4, 0.5) is 19.0 Å². The topological polar surface area (TPSA) is 88.5 Å². The Morgan fingerprint density at radius 1 is 1.06 bits per heavy atom. The second kappa shape index (κ2) is 7.98. The van der Waals surface area contributed by atoms with Gasteiger partial charge >= 0.3 is 6.18 Å². The Bertz CT molecular complexity index is 1590. The zero-order valence-electron chi connectivity index (χ0n) is 18.2. The number of imidazole rings is 1. The van der Waals surface area contributed by atoms with Gasteiger partial charge in [0.25, 0.3) is 5.56 Å². The number of benzene rings is 2. The highest BCUT2D eigenvalue weighted by Crippen LogP contribution is 2.32. The van der Waals surface area contributed by atoms with Crippen LogP contribution in [0.1, 0.15) is 29.8 Å². The standard InChI is InChI=1S/C24H19F3N6O/c1-13-5-3-6-15-9-18(14(2)32-22-20-21(29-11-28-20)30-12-31-22)33(23(34)19(13)15)17-8-4-7-16(10-17)24(25,26)27/h3-12,14H,1-2H3,(H2,28,29,30,31,32)/t14-/m0/s1. The summed E-state index contributed by atoms with van der Waals surface area (Å²) >= 11 is 0. The van der Waals surface area contributed by atoms with Gasteiger partial charge in [0, 0.05) is 11.4 Å². The number of hydrogen-bond acceptors (Lipinski definition) is 5. The predicted molar refractivity (Wildman–Crippen MR) is 123 cm³/mol. The SMILES string of the molecule is Cc1cccc2cc([C@H](C)Nc3ncnc4nc[nH]c34)n(-c3cccc(C(F)(F)F)c3)c(=O)c12. The minimum absolute atomic E-state index is 0.128. The summed E-state index contributed by atoms with van der Waals surface area (Å²) in [6.45, 7) is 3.61.